The van der Waals surface area contributed by atoms with E-state index < -0.39 is 0 Å². The Balaban J connectivity index is 2.34. The topological polar surface area (TPSA) is 15.3 Å². The second-order valence-corrected chi connectivity index (χ2v) is 5.72. The first-order chi connectivity index (χ1) is 8.49. The minimum atomic E-state index is 0.738. The van der Waals surface area contributed by atoms with Gasteiger partial charge in [-0.25, -0.2) is 0 Å². The molecule has 1 rings (SSSR count). The monoisotopic (exact) mass is 248 g/mol. The Morgan fingerprint density at radius 2 is 1.72 bits per heavy atom. The van der Waals surface area contributed by atoms with Gasteiger partial charge in [-0.3, -0.25) is 0 Å². The van der Waals surface area contributed by atoms with E-state index in [1.54, 1.807) is 0 Å². The van der Waals surface area contributed by atoms with Crippen LogP contribution < -0.4 is 10.2 Å². The average molecular weight is 248 g/mol. The van der Waals surface area contributed by atoms with Crippen molar-refractivity contribution in [2.75, 3.05) is 31.6 Å². The van der Waals surface area contributed by atoms with Crippen molar-refractivity contribution in [3.05, 3.63) is 29.3 Å². The summed E-state index contributed by atoms with van der Waals surface area (Å²) in [6, 6.07) is 6.74. The van der Waals surface area contributed by atoms with E-state index in [1.165, 1.54) is 23.2 Å². The molecule has 0 aliphatic heterocycles. The molecule has 102 valence electrons. The Bertz CT molecular complexity index is 338. The molecule has 0 saturated carbocycles. The lowest BCUT2D eigenvalue weighted by Crippen LogP contribution is -2.26. The third-order valence-electron chi connectivity index (χ3n) is 3.05. The zero-order chi connectivity index (χ0) is 13.5. The predicted molar refractivity (Wildman–Crippen MR) is 81.5 cm³/mol. The quantitative estimate of drug-likeness (QED) is 0.744. The summed E-state index contributed by atoms with van der Waals surface area (Å²) in [5, 5.41) is 3.49. The van der Waals surface area contributed by atoms with Crippen LogP contribution in [0.25, 0.3) is 0 Å². The van der Waals surface area contributed by atoms with Crippen molar-refractivity contribution in [1.82, 2.24) is 5.32 Å². The van der Waals surface area contributed by atoms with E-state index in [1.807, 2.05) is 0 Å². The molecule has 0 heterocycles. The number of nitrogens with one attached hydrogen (secondary N) is 1. The van der Waals surface area contributed by atoms with Gasteiger partial charge in [0.2, 0.25) is 0 Å². The van der Waals surface area contributed by atoms with Gasteiger partial charge in [-0.1, -0.05) is 19.9 Å². The first-order valence-electron chi connectivity index (χ1n) is 6.99. The number of anilines is 1. The Morgan fingerprint density at radius 1 is 1.11 bits per heavy atom. The summed E-state index contributed by atoms with van der Waals surface area (Å²) in [7, 11) is 2.18. The largest absolute Gasteiger partial charge is 0.375 e. The number of hydrogen-bond acceptors (Lipinski definition) is 2. The molecular formula is C16H28N2. The minimum Gasteiger partial charge on any atom is -0.375 e. The Labute approximate surface area is 112 Å². The van der Waals surface area contributed by atoms with Crippen LogP contribution in [0.2, 0.25) is 0 Å². The van der Waals surface area contributed by atoms with Crippen LogP contribution >= 0.6 is 0 Å². The number of benzene rings is 1. The molecule has 0 bridgehead atoms. The Kier molecular flexibility index (Phi) is 6.20. The maximum absolute atomic E-state index is 3.49. The predicted octanol–water partition coefficient (Wildman–Crippen LogP) is 3.38. The third kappa shape index (κ3) is 5.54. The summed E-state index contributed by atoms with van der Waals surface area (Å²) >= 11 is 0. The number of rotatable bonds is 7. The van der Waals surface area contributed by atoms with E-state index in [0.29, 0.717) is 0 Å². The van der Waals surface area contributed by atoms with E-state index in [9.17, 15) is 0 Å². The Morgan fingerprint density at radius 3 is 2.28 bits per heavy atom. The lowest BCUT2D eigenvalue weighted by Gasteiger charge is -2.20. The van der Waals surface area contributed by atoms with Gasteiger partial charge in [-0.05, 0) is 62.5 Å². The summed E-state index contributed by atoms with van der Waals surface area (Å²) in [5.74, 6) is 0.738. The molecule has 2 nitrogen and oxygen atoms in total. The number of nitrogens with zero attached hydrogens (tertiary/aromatic N) is 1. The van der Waals surface area contributed by atoms with Crippen molar-refractivity contribution >= 4 is 5.69 Å². The fourth-order valence-corrected chi connectivity index (χ4v) is 2.13. The summed E-state index contributed by atoms with van der Waals surface area (Å²) in [6.45, 7) is 12.1. The second-order valence-electron chi connectivity index (χ2n) is 5.72. The molecule has 18 heavy (non-hydrogen) atoms. The van der Waals surface area contributed by atoms with Crippen LogP contribution in [0.3, 0.4) is 0 Å². The van der Waals surface area contributed by atoms with E-state index >= 15 is 0 Å². The summed E-state index contributed by atoms with van der Waals surface area (Å²) < 4.78 is 0. The SMILES string of the molecule is Cc1cc(C)cc(N(C)CCCNCC(C)C)c1. The van der Waals surface area contributed by atoms with Gasteiger partial charge in [-0.15, -0.1) is 0 Å². The van der Waals surface area contributed by atoms with E-state index in [-0.39, 0.29) is 0 Å². The zero-order valence-corrected chi connectivity index (χ0v) is 12.6. The minimum absolute atomic E-state index is 0.738. The molecule has 0 saturated heterocycles. The van der Waals surface area contributed by atoms with E-state index in [0.717, 1.165) is 25.6 Å². The first kappa shape index (κ1) is 15.0. The van der Waals surface area contributed by atoms with E-state index in [2.05, 4.69) is 63.2 Å². The van der Waals surface area contributed by atoms with Gasteiger partial charge in [0.25, 0.3) is 0 Å². The van der Waals surface area contributed by atoms with Crippen molar-refractivity contribution in [3.63, 3.8) is 0 Å². The maximum atomic E-state index is 3.49. The molecule has 0 radical (unpaired) electrons. The van der Waals surface area contributed by atoms with Crippen LogP contribution in [0, 0.1) is 19.8 Å². The van der Waals surface area contributed by atoms with Gasteiger partial charge < -0.3 is 10.2 Å². The summed E-state index contributed by atoms with van der Waals surface area (Å²) in [5.41, 5.74) is 4.01. The molecule has 1 aromatic carbocycles. The molecule has 1 aromatic rings. The van der Waals surface area contributed by atoms with Crippen molar-refractivity contribution < 1.29 is 0 Å². The fraction of sp³-hybridized carbons (Fsp3) is 0.625. The van der Waals surface area contributed by atoms with Gasteiger partial charge in [-0.2, -0.15) is 0 Å². The Hall–Kier alpha value is -1.02. The molecular weight excluding hydrogens is 220 g/mol. The molecule has 2 heteroatoms. The summed E-state index contributed by atoms with van der Waals surface area (Å²) in [4.78, 5) is 2.34. The van der Waals surface area contributed by atoms with Crippen LogP contribution in [0.4, 0.5) is 5.69 Å². The second kappa shape index (κ2) is 7.42. The molecule has 0 amide bonds. The molecule has 0 aliphatic rings. The molecule has 0 atom stereocenters. The highest BCUT2D eigenvalue weighted by Crippen LogP contribution is 2.17. The highest BCUT2D eigenvalue weighted by Gasteiger charge is 2.02. The van der Waals surface area contributed by atoms with Crippen LogP contribution in [-0.4, -0.2) is 26.7 Å². The van der Waals surface area contributed by atoms with Gasteiger partial charge in [0, 0.05) is 19.3 Å². The van der Waals surface area contributed by atoms with Crippen molar-refractivity contribution in [3.8, 4) is 0 Å². The fourth-order valence-electron chi connectivity index (χ4n) is 2.13. The van der Waals surface area contributed by atoms with Crippen molar-refractivity contribution in [2.24, 2.45) is 5.92 Å². The molecule has 0 aromatic heterocycles. The highest BCUT2D eigenvalue weighted by molar-refractivity contribution is 5.50. The first-order valence-corrected chi connectivity index (χ1v) is 6.99. The normalized spacial score (nSPS) is 11.0. The molecule has 0 spiro atoms. The lowest BCUT2D eigenvalue weighted by molar-refractivity contribution is 0.543. The van der Waals surface area contributed by atoms with Crippen LogP contribution in [0.1, 0.15) is 31.4 Å². The molecule has 1 N–H and O–H groups in total. The van der Waals surface area contributed by atoms with E-state index in [4.69, 9.17) is 0 Å². The van der Waals surface area contributed by atoms with Crippen LogP contribution in [-0.2, 0) is 0 Å². The van der Waals surface area contributed by atoms with Gasteiger partial charge in [0.15, 0.2) is 0 Å². The number of aryl methyl sites for hydroxylation is 2. The van der Waals surface area contributed by atoms with Gasteiger partial charge in [0.1, 0.15) is 0 Å². The van der Waals surface area contributed by atoms with Crippen molar-refractivity contribution in [2.45, 2.75) is 34.1 Å². The lowest BCUT2D eigenvalue weighted by atomic mass is 10.1. The summed E-state index contributed by atoms with van der Waals surface area (Å²) in [6.07, 6.45) is 1.19. The molecule has 0 unspecified atom stereocenters. The van der Waals surface area contributed by atoms with Crippen LogP contribution in [0.5, 0.6) is 0 Å². The van der Waals surface area contributed by atoms with Crippen LogP contribution in [0.15, 0.2) is 18.2 Å². The average Bonchev–Trinajstić information content (AvgIpc) is 2.26. The standard InChI is InChI=1S/C16H28N2/c1-13(2)12-17-7-6-8-18(5)16-10-14(3)9-15(4)11-16/h9-11,13,17H,6-8,12H2,1-5H3. The smallest absolute Gasteiger partial charge is 0.0368 e. The number of hydrogen-bond donors (Lipinski definition) is 1. The van der Waals surface area contributed by atoms with Gasteiger partial charge >= 0.3 is 0 Å². The highest BCUT2D eigenvalue weighted by atomic mass is 15.1. The molecule has 0 aliphatic carbocycles. The molecule has 0 fully saturated rings. The maximum Gasteiger partial charge on any atom is 0.0368 e. The third-order valence-corrected chi connectivity index (χ3v) is 3.05. The van der Waals surface area contributed by atoms with Crippen molar-refractivity contribution in [1.29, 1.82) is 0 Å². The zero-order valence-electron chi connectivity index (χ0n) is 12.6. The van der Waals surface area contributed by atoms with Gasteiger partial charge in [0.05, 0.1) is 0 Å².